The first-order chi connectivity index (χ1) is 5.27. The van der Waals surface area contributed by atoms with E-state index >= 15 is 0 Å². The molecule has 69 valence electrons. The van der Waals surface area contributed by atoms with Crippen LogP contribution in [0.5, 0.6) is 0 Å². The number of nitrogens with zero attached hydrogens (tertiary/aromatic N) is 1. The fourth-order valence-corrected chi connectivity index (χ4v) is 0.371. The largest absolute Gasteiger partial charge is 0.464 e. The van der Waals surface area contributed by atoms with Crippen molar-refractivity contribution in [2.45, 2.75) is 13.8 Å². The van der Waals surface area contributed by atoms with Crippen LogP contribution in [0.3, 0.4) is 0 Å². The van der Waals surface area contributed by atoms with E-state index in [9.17, 15) is 4.79 Å². The zero-order chi connectivity index (χ0) is 9.11. The Morgan fingerprint density at radius 1 is 1.67 bits per heavy atom. The molecule has 0 saturated heterocycles. The summed E-state index contributed by atoms with van der Waals surface area (Å²) in [6.45, 7) is 6.67. The molecule has 12 heavy (non-hydrogen) atoms. The van der Waals surface area contributed by atoms with E-state index in [1.807, 2.05) is 6.92 Å². The minimum atomic E-state index is -0.249. The zero-order valence-electron chi connectivity index (χ0n) is 7.41. The van der Waals surface area contributed by atoms with Gasteiger partial charge in [-0.05, 0) is 19.9 Å². The number of ether oxygens (including phenoxy) is 1. The van der Waals surface area contributed by atoms with E-state index < -0.39 is 0 Å². The molecule has 0 unspecified atom stereocenters. The van der Waals surface area contributed by atoms with Gasteiger partial charge in [0.15, 0.2) is 0 Å². The SMILES string of the molecule is C=N.CC=NCCOC(C)=O.[V]. The Balaban J connectivity index is -0.000000249. The maximum Gasteiger partial charge on any atom is 0.302 e. The van der Waals surface area contributed by atoms with Gasteiger partial charge in [0.05, 0.1) is 6.54 Å². The summed E-state index contributed by atoms with van der Waals surface area (Å²) < 4.78 is 4.59. The van der Waals surface area contributed by atoms with Crippen molar-refractivity contribution in [2.75, 3.05) is 13.2 Å². The van der Waals surface area contributed by atoms with Crippen molar-refractivity contribution in [3.63, 3.8) is 0 Å². The molecule has 0 bridgehead atoms. The molecule has 0 saturated carbocycles. The number of esters is 1. The summed E-state index contributed by atoms with van der Waals surface area (Å²) in [5, 5.41) is 5.50. The summed E-state index contributed by atoms with van der Waals surface area (Å²) in [6, 6.07) is 0. The minimum absolute atomic E-state index is 0. The second-order valence-corrected chi connectivity index (χ2v) is 1.50. The summed E-state index contributed by atoms with van der Waals surface area (Å²) in [7, 11) is 0. The van der Waals surface area contributed by atoms with E-state index in [2.05, 4.69) is 16.4 Å². The van der Waals surface area contributed by atoms with Crippen LogP contribution in [0.2, 0.25) is 0 Å². The first-order valence-electron chi connectivity index (χ1n) is 3.20. The van der Waals surface area contributed by atoms with Gasteiger partial charge < -0.3 is 10.1 Å². The van der Waals surface area contributed by atoms with Crippen LogP contribution in [0.25, 0.3) is 0 Å². The van der Waals surface area contributed by atoms with Gasteiger partial charge in [0.1, 0.15) is 6.61 Å². The maximum absolute atomic E-state index is 10.1. The van der Waals surface area contributed by atoms with Crippen LogP contribution in [0, 0.1) is 5.41 Å². The Kier molecular flexibility index (Phi) is 24.4. The number of nitrogens with one attached hydrogen (secondary N) is 1. The third-order valence-corrected chi connectivity index (χ3v) is 0.708. The molecule has 5 heteroatoms. The smallest absolute Gasteiger partial charge is 0.302 e. The van der Waals surface area contributed by atoms with Crippen molar-refractivity contribution in [3.8, 4) is 0 Å². The van der Waals surface area contributed by atoms with E-state index in [-0.39, 0.29) is 24.5 Å². The van der Waals surface area contributed by atoms with Crippen molar-refractivity contribution in [1.82, 2.24) is 0 Å². The first-order valence-corrected chi connectivity index (χ1v) is 3.20. The number of carbonyl (C=O) groups excluding carboxylic acids is 1. The minimum Gasteiger partial charge on any atom is -0.464 e. The summed E-state index contributed by atoms with van der Waals surface area (Å²) in [6.07, 6.45) is 1.68. The van der Waals surface area contributed by atoms with Crippen LogP contribution in [-0.4, -0.2) is 32.1 Å². The molecule has 1 N–H and O–H groups in total. The van der Waals surface area contributed by atoms with Crippen molar-refractivity contribution in [1.29, 1.82) is 5.41 Å². The van der Waals surface area contributed by atoms with Crippen LogP contribution in [-0.2, 0) is 28.1 Å². The van der Waals surface area contributed by atoms with Crippen molar-refractivity contribution in [3.05, 3.63) is 0 Å². The van der Waals surface area contributed by atoms with Crippen LogP contribution in [0.15, 0.2) is 4.99 Å². The van der Waals surface area contributed by atoms with Gasteiger partial charge in [0.2, 0.25) is 0 Å². The Morgan fingerprint density at radius 2 is 2.17 bits per heavy atom. The molecule has 0 rings (SSSR count). The number of rotatable bonds is 3. The van der Waals surface area contributed by atoms with Gasteiger partial charge in [0.25, 0.3) is 0 Å². The molecule has 4 nitrogen and oxygen atoms in total. The van der Waals surface area contributed by atoms with E-state index in [1.54, 1.807) is 6.21 Å². The van der Waals surface area contributed by atoms with Crippen LogP contribution in [0.1, 0.15) is 13.8 Å². The van der Waals surface area contributed by atoms with Gasteiger partial charge in [0, 0.05) is 25.5 Å². The summed E-state index contributed by atoms with van der Waals surface area (Å²) >= 11 is 0. The third-order valence-electron chi connectivity index (χ3n) is 0.708. The fraction of sp³-hybridized carbons (Fsp3) is 0.571. The second kappa shape index (κ2) is 16.8. The molecular formula is C7H14N2O2V. The van der Waals surface area contributed by atoms with Gasteiger partial charge in [-0.3, -0.25) is 9.79 Å². The number of aliphatic imine (C=N–C) groups is 1. The average Bonchev–Trinajstić information content (AvgIpc) is 2.02. The molecular weight excluding hydrogens is 195 g/mol. The van der Waals surface area contributed by atoms with E-state index in [0.29, 0.717) is 13.2 Å². The molecule has 0 spiro atoms. The average molecular weight is 209 g/mol. The molecule has 0 atom stereocenters. The monoisotopic (exact) mass is 209 g/mol. The van der Waals surface area contributed by atoms with Crippen LogP contribution >= 0.6 is 0 Å². The molecule has 0 aliphatic rings. The van der Waals surface area contributed by atoms with Crippen LogP contribution in [0.4, 0.5) is 0 Å². The van der Waals surface area contributed by atoms with E-state index in [1.165, 1.54) is 6.92 Å². The summed E-state index contributed by atoms with van der Waals surface area (Å²) in [5.41, 5.74) is 0. The van der Waals surface area contributed by atoms with Gasteiger partial charge >= 0.3 is 5.97 Å². The number of hydrogen-bond acceptors (Lipinski definition) is 4. The Hall–Kier alpha value is -0.606. The Morgan fingerprint density at radius 3 is 2.50 bits per heavy atom. The molecule has 0 aliphatic heterocycles. The third kappa shape index (κ3) is 22.7. The standard InChI is InChI=1S/C6H11NO2.CH3N.V/c1-3-7-4-5-9-6(2)8;1-2;/h3H,4-5H2,1-2H3;2H,1H2;. The van der Waals surface area contributed by atoms with E-state index in [4.69, 9.17) is 5.41 Å². The van der Waals surface area contributed by atoms with Crippen molar-refractivity contribution < 1.29 is 28.1 Å². The number of hydrogen-bond donors (Lipinski definition) is 1. The quantitative estimate of drug-likeness (QED) is 0.426. The second-order valence-electron chi connectivity index (χ2n) is 1.50. The molecule has 0 aromatic carbocycles. The Labute approximate surface area is 84.8 Å². The molecule has 0 aliphatic carbocycles. The molecule has 0 heterocycles. The van der Waals surface area contributed by atoms with Gasteiger partial charge in [-0.25, -0.2) is 0 Å². The van der Waals surface area contributed by atoms with Gasteiger partial charge in [-0.15, -0.1) is 0 Å². The van der Waals surface area contributed by atoms with Gasteiger partial charge in [-0.1, -0.05) is 0 Å². The predicted octanol–water partition coefficient (Wildman–Crippen LogP) is 0.903. The predicted molar refractivity (Wildman–Crippen MR) is 45.5 cm³/mol. The molecule has 1 radical (unpaired) electrons. The number of carbonyl (C=O) groups is 1. The zero-order valence-corrected chi connectivity index (χ0v) is 8.81. The van der Waals surface area contributed by atoms with E-state index in [0.717, 1.165) is 0 Å². The maximum atomic E-state index is 10.1. The molecule has 0 aromatic heterocycles. The van der Waals surface area contributed by atoms with Gasteiger partial charge in [-0.2, -0.15) is 0 Å². The summed E-state index contributed by atoms with van der Waals surface area (Å²) in [4.78, 5) is 14.0. The Bertz CT molecular complexity index is 129. The fourth-order valence-electron chi connectivity index (χ4n) is 0.371. The topological polar surface area (TPSA) is 62.5 Å². The summed E-state index contributed by atoms with van der Waals surface area (Å²) in [5.74, 6) is -0.249. The molecule has 0 aromatic rings. The molecule has 0 fully saturated rings. The molecule has 0 amide bonds. The van der Waals surface area contributed by atoms with Crippen molar-refractivity contribution >= 4 is 18.9 Å². The normalized spacial score (nSPS) is 7.83. The van der Waals surface area contributed by atoms with Crippen molar-refractivity contribution in [2.24, 2.45) is 4.99 Å². The first kappa shape index (κ1) is 17.5. The van der Waals surface area contributed by atoms with Crippen LogP contribution < -0.4 is 0 Å².